The molecular formula is C9H4INO3. The van der Waals surface area contributed by atoms with Gasteiger partial charge >= 0.3 is 5.63 Å². The van der Waals surface area contributed by atoms with E-state index in [1.54, 1.807) is 12.1 Å². The zero-order chi connectivity index (χ0) is 10.1. The third kappa shape index (κ3) is 1.33. The van der Waals surface area contributed by atoms with Crippen LogP contribution in [-0.4, -0.2) is 0 Å². The highest BCUT2D eigenvalue weighted by Gasteiger charge is 2.07. The largest absolute Gasteiger partial charge is 0.431 e. The van der Waals surface area contributed by atoms with Crippen LogP contribution >= 0.6 is 22.6 Å². The Labute approximate surface area is 92.0 Å². The lowest BCUT2D eigenvalue weighted by Gasteiger charge is -1.99. The predicted octanol–water partition coefficient (Wildman–Crippen LogP) is 2.80. The van der Waals surface area contributed by atoms with Crippen molar-refractivity contribution in [2.75, 3.05) is 0 Å². The van der Waals surface area contributed by atoms with Crippen LogP contribution in [-0.2, 0) is 0 Å². The molecule has 0 aliphatic carbocycles. The molecule has 1 aromatic heterocycles. The van der Waals surface area contributed by atoms with E-state index >= 15 is 0 Å². The normalized spacial score (nSPS) is 10.4. The van der Waals surface area contributed by atoms with Gasteiger partial charge in [0.2, 0.25) is 0 Å². The molecule has 0 radical (unpaired) electrons. The molecule has 0 spiro atoms. The highest BCUT2D eigenvalue weighted by Crippen LogP contribution is 2.27. The average Bonchev–Trinajstić information content (AvgIpc) is 2.20. The van der Waals surface area contributed by atoms with Gasteiger partial charge in [0, 0.05) is 5.39 Å². The van der Waals surface area contributed by atoms with Crippen molar-refractivity contribution >= 4 is 39.1 Å². The second kappa shape index (κ2) is 3.49. The summed E-state index contributed by atoms with van der Waals surface area (Å²) in [5, 5.41) is 4.02. The van der Waals surface area contributed by atoms with E-state index in [1.807, 2.05) is 22.6 Å². The highest BCUT2D eigenvalue weighted by molar-refractivity contribution is 14.1. The SMILES string of the molecule is O=Nc1ccc2c(=O)occc2c1I. The third-order valence-corrected chi connectivity index (χ3v) is 3.02. The Morgan fingerprint density at radius 1 is 1.21 bits per heavy atom. The predicted molar refractivity (Wildman–Crippen MR) is 60.7 cm³/mol. The Kier molecular flexibility index (Phi) is 2.32. The summed E-state index contributed by atoms with van der Waals surface area (Å²) >= 11 is 1.98. The minimum absolute atomic E-state index is 0.337. The van der Waals surface area contributed by atoms with E-state index < -0.39 is 5.63 Å². The van der Waals surface area contributed by atoms with Crippen molar-refractivity contribution in [3.8, 4) is 0 Å². The quantitative estimate of drug-likeness (QED) is 0.601. The van der Waals surface area contributed by atoms with Gasteiger partial charge in [-0.2, -0.15) is 0 Å². The van der Waals surface area contributed by atoms with Crippen LogP contribution in [0.1, 0.15) is 0 Å². The zero-order valence-corrected chi connectivity index (χ0v) is 9.02. The van der Waals surface area contributed by atoms with Crippen LogP contribution in [0.4, 0.5) is 5.69 Å². The summed E-state index contributed by atoms with van der Waals surface area (Å²) in [6.45, 7) is 0. The molecule has 1 heterocycles. The lowest BCUT2D eigenvalue weighted by Crippen LogP contribution is -1.98. The number of fused-ring (bicyclic) bond motifs is 1. The van der Waals surface area contributed by atoms with Crippen molar-refractivity contribution in [2.24, 2.45) is 5.18 Å². The average molecular weight is 301 g/mol. The smallest absolute Gasteiger partial charge is 0.343 e. The lowest BCUT2D eigenvalue weighted by atomic mass is 10.2. The fourth-order valence-corrected chi connectivity index (χ4v) is 1.97. The van der Waals surface area contributed by atoms with Crippen molar-refractivity contribution in [2.45, 2.75) is 0 Å². The molecule has 0 aliphatic heterocycles. The summed E-state index contributed by atoms with van der Waals surface area (Å²) in [7, 11) is 0. The minimum Gasteiger partial charge on any atom is -0.431 e. The van der Waals surface area contributed by atoms with E-state index in [4.69, 9.17) is 4.42 Å². The van der Waals surface area contributed by atoms with E-state index in [-0.39, 0.29) is 0 Å². The maximum absolute atomic E-state index is 11.3. The van der Waals surface area contributed by atoms with Crippen molar-refractivity contribution in [1.82, 2.24) is 0 Å². The highest BCUT2D eigenvalue weighted by atomic mass is 127. The summed E-state index contributed by atoms with van der Waals surface area (Å²) < 4.78 is 5.37. The number of hydrogen-bond acceptors (Lipinski definition) is 4. The van der Waals surface area contributed by atoms with Gasteiger partial charge in [0.25, 0.3) is 0 Å². The van der Waals surface area contributed by atoms with Crippen LogP contribution in [0.15, 0.2) is 38.9 Å². The van der Waals surface area contributed by atoms with Gasteiger partial charge in [-0.1, -0.05) is 0 Å². The Bertz CT molecular complexity index is 561. The molecule has 0 atom stereocenters. The molecular weight excluding hydrogens is 297 g/mol. The van der Waals surface area contributed by atoms with Gasteiger partial charge in [-0.3, -0.25) is 0 Å². The lowest BCUT2D eigenvalue weighted by molar-refractivity contribution is 0.519. The molecule has 0 aliphatic rings. The topological polar surface area (TPSA) is 59.6 Å². The van der Waals surface area contributed by atoms with E-state index in [0.29, 0.717) is 20.0 Å². The summed E-state index contributed by atoms with van der Waals surface area (Å²) in [4.78, 5) is 21.7. The number of hydrogen-bond donors (Lipinski definition) is 0. The molecule has 0 bridgehead atoms. The van der Waals surface area contributed by atoms with E-state index in [1.165, 1.54) is 12.3 Å². The molecule has 0 saturated heterocycles. The fourth-order valence-electron chi connectivity index (χ4n) is 1.22. The van der Waals surface area contributed by atoms with Crippen LogP contribution < -0.4 is 5.63 Å². The summed E-state index contributed by atoms with van der Waals surface area (Å²) in [6.07, 6.45) is 1.31. The summed E-state index contributed by atoms with van der Waals surface area (Å²) in [5.74, 6) is 0. The number of nitroso groups, excluding NO2 is 1. The fraction of sp³-hybridized carbons (Fsp3) is 0. The Morgan fingerprint density at radius 3 is 2.71 bits per heavy atom. The van der Waals surface area contributed by atoms with Gasteiger partial charge in [-0.25, -0.2) is 4.79 Å². The number of halogens is 1. The molecule has 2 aromatic rings. The Morgan fingerprint density at radius 2 is 2.00 bits per heavy atom. The van der Waals surface area contributed by atoms with E-state index in [9.17, 15) is 9.70 Å². The first-order valence-electron chi connectivity index (χ1n) is 3.77. The van der Waals surface area contributed by atoms with Gasteiger partial charge < -0.3 is 4.42 Å². The van der Waals surface area contributed by atoms with Crippen molar-refractivity contribution in [3.05, 3.63) is 43.4 Å². The van der Waals surface area contributed by atoms with E-state index in [2.05, 4.69) is 5.18 Å². The minimum atomic E-state index is -0.405. The molecule has 0 N–H and O–H groups in total. The first kappa shape index (κ1) is 9.32. The first-order valence-corrected chi connectivity index (χ1v) is 4.85. The molecule has 4 nitrogen and oxygen atoms in total. The third-order valence-electron chi connectivity index (χ3n) is 1.89. The van der Waals surface area contributed by atoms with Gasteiger partial charge in [0.05, 0.1) is 15.2 Å². The molecule has 14 heavy (non-hydrogen) atoms. The molecule has 2 rings (SSSR count). The molecule has 5 heteroatoms. The molecule has 0 fully saturated rings. The number of rotatable bonds is 1. The Hall–Kier alpha value is -1.24. The van der Waals surface area contributed by atoms with Crippen LogP contribution in [0.2, 0.25) is 0 Å². The maximum Gasteiger partial charge on any atom is 0.343 e. The van der Waals surface area contributed by atoms with Crippen LogP contribution in [0, 0.1) is 8.48 Å². The van der Waals surface area contributed by atoms with Gasteiger partial charge in [0.15, 0.2) is 0 Å². The monoisotopic (exact) mass is 301 g/mol. The van der Waals surface area contributed by atoms with Crippen molar-refractivity contribution in [1.29, 1.82) is 0 Å². The van der Waals surface area contributed by atoms with Crippen LogP contribution in [0.25, 0.3) is 10.8 Å². The molecule has 0 saturated carbocycles. The number of benzene rings is 1. The molecule has 0 unspecified atom stereocenters. The second-order valence-corrected chi connectivity index (χ2v) is 3.74. The van der Waals surface area contributed by atoms with Gasteiger partial charge in [0.1, 0.15) is 5.69 Å². The van der Waals surface area contributed by atoms with Crippen molar-refractivity contribution < 1.29 is 4.42 Å². The summed E-state index contributed by atoms with van der Waals surface area (Å²) in [6, 6.07) is 4.70. The van der Waals surface area contributed by atoms with E-state index in [0.717, 1.165) is 0 Å². The van der Waals surface area contributed by atoms with Gasteiger partial charge in [-0.05, 0) is 46.0 Å². The van der Waals surface area contributed by atoms with Gasteiger partial charge in [-0.15, -0.1) is 4.91 Å². The molecule has 1 aromatic carbocycles. The first-order chi connectivity index (χ1) is 6.74. The van der Waals surface area contributed by atoms with Crippen molar-refractivity contribution in [3.63, 3.8) is 0 Å². The summed E-state index contributed by atoms with van der Waals surface area (Å²) in [5.41, 5.74) is -0.0680. The molecule has 0 amide bonds. The standard InChI is InChI=1S/C9H4INO3/c10-8-5-3-4-14-9(12)6(5)1-2-7(8)11-13/h1-4H. The number of nitrogens with zero attached hydrogens (tertiary/aromatic N) is 1. The zero-order valence-electron chi connectivity index (χ0n) is 6.86. The Balaban J connectivity index is 2.97. The van der Waals surface area contributed by atoms with Crippen LogP contribution in [0.3, 0.4) is 0 Å². The van der Waals surface area contributed by atoms with Crippen LogP contribution in [0.5, 0.6) is 0 Å². The maximum atomic E-state index is 11.3. The second-order valence-electron chi connectivity index (χ2n) is 2.66. The molecule has 70 valence electrons.